The first-order valence-electron chi connectivity index (χ1n) is 4.94. The van der Waals surface area contributed by atoms with Gasteiger partial charge >= 0.3 is 0 Å². The van der Waals surface area contributed by atoms with Crippen molar-refractivity contribution in [2.24, 2.45) is 0 Å². The highest BCUT2D eigenvalue weighted by Gasteiger charge is 2.13. The largest absolute Gasteiger partial charge is 0.462 e. The summed E-state index contributed by atoms with van der Waals surface area (Å²) in [5.74, 6) is -1.96. The lowest BCUT2D eigenvalue weighted by molar-refractivity contribution is 0.201. The van der Waals surface area contributed by atoms with Gasteiger partial charge in [-0.25, -0.2) is 4.39 Å². The summed E-state index contributed by atoms with van der Waals surface area (Å²) in [4.78, 5) is 0. The van der Waals surface area contributed by atoms with Crippen molar-refractivity contribution in [1.82, 2.24) is 0 Å². The quantitative estimate of drug-likeness (QED) is 0.721. The average Bonchev–Trinajstić information content (AvgIpc) is 2.30. The number of methoxy groups -OCH3 is 1. The molecule has 0 radical (unpaired) electrons. The van der Waals surface area contributed by atoms with E-state index in [2.05, 4.69) is 0 Å². The third-order valence-corrected chi connectivity index (χ3v) is 2.03. The molecule has 0 unspecified atom stereocenters. The number of halogens is 2. The van der Waals surface area contributed by atoms with Crippen LogP contribution in [0.5, 0.6) is 5.75 Å². The van der Waals surface area contributed by atoms with Gasteiger partial charge in [0.2, 0.25) is 5.82 Å². The van der Waals surface area contributed by atoms with Gasteiger partial charge in [0.05, 0.1) is 12.9 Å². The summed E-state index contributed by atoms with van der Waals surface area (Å²) in [5, 5.41) is 0. The minimum absolute atomic E-state index is 0.114. The van der Waals surface area contributed by atoms with Crippen LogP contribution in [0.3, 0.4) is 0 Å². The molecule has 0 N–H and O–H groups in total. The van der Waals surface area contributed by atoms with Crippen LogP contribution >= 0.6 is 0 Å². The van der Waals surface area contributed by atoms with Crippen molar-refractivity contribution >= 4 is 0 Å². The lowest BCUT2D eigenvalue weighted by Crippen LogP contribution is -2.01. The van der Waals surface area contributed by atoms with Crippen molar-refractivity contribution in [1.29, 1.82) is 0 Å². The molecule has 0 fully saturated rings. The van der Waals surface area contributed by atoms with Crippen LogP contribution in [-0.2, 0) is 11.2 Å². The third-order valence-electron chi connectivity index (χ3n) is 2.03. The SMILES string of the molecule is CC=COc1ccc(CCOC)c(F)c1F. The highest BCUT2D eigenvalue weighted by atomic mass is 19.2. The Labute approximate surface area is 93.5 Å². The molecule has 1 aromatic rings. The number of rotatable bonds is 5. The molecule has 88 valence electrons. The Morgan fingerprint density at radius 1 is 1.25 bits per heavy atom. The molecule has 0 aliphatic rings. The van der Waals surface area contributed by atoms with E-state index in [4.69, 9.17) is 9.47 Å². The molecule has 0 spiro atoms. The summed E-state index contributed by atoms with van der Waals surface area (Å²) in [6.07, 6.45) is 3.23. The van der Waals surface area contributed by atoms with E-state index in [0.717, 1.165) is 0 Å². The number of hydrogen-bond donors (Lipinski definition) is 0. The van der Waals surface area contributed by atoms with E-state index in [1.54, 1.807) is 13.0 Å². The van der Waals surface area contributed by atoms with Gasteiger partial charge in [-0.3, -0.25) is 0 Å². The van der Waals surface area contributed by atoms with Gasteiger partial charge in [0, 0.05) is 7.11 Å². The Kier molecular flexibility index (Phi) is 4.92. The summed E-state index contributed by atoms with van der Waals surface area (Å²) in [7, 11) is 1.51. The fourth-order valence-electron chi connectivity index (χ4n) is 1.21. The molecule has 2 nitrogen and oxygen atoms in total. The second kappa shape index (κ2) is 6.23. The molecular weight excluding hydrogens is 214 g/mol. The predicted octanol–water partition coefficient (Wildman–Crippen LogP) is 3.07. The van der Waals surface area contributed by atoms with E-state index in [1.165, 1.54) is 25.5 Å². The molecule has 0 aliphatic heterocycles. The Morgan fingerprint density at radius 3 is 2.62 bits per heavy atom. The van der Waals surface area contributed by atoms with Gasteiger partial charge in [-0.2, -0.15) is 4.39 Å². The van der Waals surface area contributed by atoms with Crippen LogP contribution in [-0.4, -0.2) is 13.7 Å². The van der Waals surface area contributed by atoms with Crippen molar-refractivity contribution in [3.8, 4) is 5.75 Å². The van der Waals surface area contributed by atoms with Gasteiger partial charge < -0.3 is 9.47 Å². The molecule has 0 saturated heterocycles. The zero-order chi connectivity index (χ0) is 12.0. The van der Waals surface area contributed by atoms with E-state index >= 15 is 0 Å². The summed E-state index contributed by atoms with van der Waals surface area (Å²) < 4.78 is 36.6. The second-order valence-electron chi connectivity index (χ2n) is 3.18. The smallest absolute Gasteiger partial charge is 0.201 e. The highest BCUT2D eigenvalue weighted by molar-refractivity contribution is 5.31. The first kappa shape index (κ1) is 12.6. The monoisotopic (exact) mass is 228 g/mol. The standard InChI is InChI=1S/C12H14F2O2/c1-3-7-16-10-5-4-9(6-8-15-2)11(13)12(10)14/h3-5,7H,6,8H2,1-2H3. The highest BCUT2D eigenvalue weighted by Crippen LogP contribution is 2.23. The van der Waals surface area contributed by atoms with E-state index in [-0.39, 0.29) is 11.3 Å². The second-order valence-corrected chi connectivity index (χ2v) is 3.18. The van der Waals surface area contributed by atoms with Crippen LogP contribution in [0.2, 0.25) is 0 Å². The van der Waals surface area contributed by atoms with Crippen molar-refractivity contribution < 1.29 is 18.3 Å². The Hall–Kier alpha value is -1.42. The van der Waals surface area contributed by atoms with Gasteiger partial charge in [0.25, 0.3) is 0 Å². The molecule has 0 heterocycles. The third kappa shape index (κ3) is 3.03. The molecule has 0 bridgehead atoms. The van der Waals surface area contributed by atoms with Crippen LogP contribution in [0, 0.1) is 11.6 Å². The molecule has 4 heteroatoms. The van der Waals surface area contributed by atoms with Crippen molar-refractivity contribution in [2.45, 2.75) is 13.3 Å². The van der Waals surface area contributed by atoms with Gasteiger partial charge in [0.15, 0.2) is 11.6 Å². The zero-order valence-corrected chi connectivity index (χ0v) is 9.30. The molecular formula is C12H14F2O2. The van der Waals surface area contributed by atoms with E-state index in [0.29, 0.717) is 13.0 Å². The molecule has 0 amide bonds. The molecule has 0 saturated carbocycles. The number of allylic oxidation sites excluding steroid dienone is 1. The number of hydrogen-bond acceptors (Lipinski definition) is 2. The molecule has 16 heavy (non-hydrogen) atoms. The van der Waals surface area contributed by atoms with Crippen molar-refractivity contribution in [3.05, 3.63) is 41.7 Å². The maximum atomic E-state index is 13.5. The van der Waals surface area contributed by atoms with Gasteiger partial charge in [-0.15, -0.1) is 0 Å². The van der Waals surface area contributed by atoms with E-state index in [1.807, 2.05) is 0 Å². The minimum Gasteiger partial charge on any atom is -0.462 e. The van der Waals surface area contributed by atoms with E-state index < -0.39 is 11.6 Å². The first-order valence-corrected chi connectivity index (χ1v) is 4.94. The normalized spacial score (nSPS) is 11.0. The lowest BCUT2D eigenvalue weighted by atomic mass is 10.1. The zero-order valence-electron chi connectivity index (χ0n) is 9.30. The van der Waals surface area contributed by atoms with Crippen molar-refractivity contribution in [3.63, 3.8) is 0 Å². The van der Waals surface area contributed by atoms with E-state index in [9.17, 15) is 8.78 Å². The number of ether oxygens (including phenoxy) is 2. The fraction of sp³-hybridized carbons (Fsp3) is 0.333. The summed E-state index contributed by atoms with van der Waals surface area (Å²) >= 11 is 0. The van der Waals surface area contributed by atoms with Crippen LogP contribution in [0.25, 0.3) is 0 Å². The van der Waals surface area contributed by atoms with Gasteiger partial charge in [0.1, 0.15) is 0 Å². The molecule has 0 aromatic heterocycles. The Morgan fingerprint density at radius 2 is 2.00 bits per heavy atom. The maximum absolute atomic E-state index is 13.5. The van der Waals surface area contributed by atoms with Crippen LogP contribution in [0.15, 0.2) is 24.5 Å². The Balaban J connectivity index is 2.89. The first-order chi connectivity index (χ1) is 7.70. The topological polar surface area (TPSA) is 18.5 Å². The van der Waals surface area contributed by atoms with Crippen LogP contribution < -0.4 is 4.74 Å². The summed E-state index contributed by atoms with van der Waals surface area (Å²) in [5.41, 5.74) is 0.284. The minimum atomic E-state index is -0.966. The predicted molar refractivity (Wildman–Crippen MR) is 57.4 cm³/mol. The number of benzene rings is 1. The molecule has 1 aromatic carbocycles. The van der Waals surface area contributed by atoms with Gasteiger partial charge in [-0.1, -0.05) is 12.1 Å². The molecule has 0 atom stereocenters. The molecule has 0 aliphatic carbocycles. The summed E-state index contributed by atoms with van der Waals surface area (Å²) in [6, 6.07) is 2.90. The molecule has 1 rings (SSSR count). The van der Waals surface area contributed by atoms with Crippen LogP contribution in [0.1, 0.15) is 12.5 Å². The van der Waals surface area contributed by atoms with Gasteiger partial charge in [-0.05, 0) is 25.0 Å². The van der Waals surface area contributed by atoms with Crippen molar-refractivity contribution in [2.75, 3.05) is 13.7 Å². The Bertz CT molecular complexity index is 376. The average molecular weight is 228 g/mol. The fourth-order valence-corrected chi connectivity index (χ4v) is 1.21. The summed E-state index contributed by atoms with van der Waals surface area (Å²) in [6.45, 7) is 2.08. The maximum Gasteiger partial charge on any atom is 0.201 e. The van der Waals surface area contributed by atoms with Crippen LogP contribution in [0.4, 0.5) is 8.78 Å². The lowest BCUT2D eigenvalue weighted by Gasteiger charge is -2.07.